The Labute approximate surface area is 211 Å². The van der Waals surface area contributed by atoms with E-state index in [-0.39, 0.29) is 17.6 Å². The minimum Gasteiger partial charge on any atom is -0.336 e. The fraction of sp³-hybridized carbons (Fsp3) is 0.704. The quantitative estimate of drug-likeness (QED) is 0.547. The van der Waals surface area contributed by atoms with Crippen molar-refractivity contribution in [3.63, 3.8) is 0 Å². The Hall–Kier alpha value is -2.06. The molecule has 2 aromatic heterocycles. The summed E-state index contributed by atoms with van der Waals surface area (Å²) in [7, 11) is 0. The lowest BCUT2D eigenvalue weighted by Crippen LogP contribution is -2.45. The summed E-state index contributed by atoms with van der Waals surface area (Å²) >= 11 is 1.68. The second-order valence-electron chi connectivity index (χ2n) is 11.2. The number of thiazole rings is 1. The lowest BCUT2D eigenvalue weighted by atomic mass is 9.94. The van der Waals surface area contributed by atoms with Crippen LogP contribution in [0.1, 0.15) is 92.5 Å². The van der Waals surface area contributed by atoms with Crippen LogP contribution in [0.5, 0.6) is 0 Å². The van der Waals surface area contributed by atoms with Crippen LogP contribution in [-0.4, -0.2) is 61.2 Å². The zero-order valence-electron chi connectivity index (χ0n) is 21.0. The van der Waals surface area contributed by atoms with Crippen molar-refractivity contribution >= 4 is 23.0 Å². The first-order valence-electron chi connectivity index (χ1n) is 13.5. The molecule has 3 atom stereocenters. The third-order valence-electron chi connectivity index (χ3n) is 8.76. The first-order chi connectivity index (χ1) is 17.0. The van der Waals surface area contributed by atoms with E-state index in [9.17, 15) is 9.59 Å². The average Bonchev–Trinajstić information content (AvgIpc) is 3.34. The Kier molecular flexibility index (Phi) is 6.29. The number of imidazole rings is 1. The number of ketones is 1. The van der Waals surface area contributed by atoms with Gasteiger partial charge in [-0.15, -0.1) is 11.3 Å². The summed E-state index contributed by atoms with van der Waals surface area (Å²) in [5.74, 6) is 2.25. The predicted octanol–water partition coefficient (Wildman–Crippen LogP) is 4.26. The monoisotopic (exact) mass is 495 g/mol. The minimum atomic E-state index is 0.244. The standard InChI is InChI=1S/C27H37N5O2S/c1-17(33)13-20(26-28-9-12-35-26)7-11-31-21-5-6-22(31)15-23(14-21)32-18(2)29-24-16-30(10-8-25(24)32)27(34)19-3-4-19/h9,12,19-23H,3-8,10-11,13-16H2,1-2H3/t20-,21?,22?,23?/m1/s1. The zero-order valence-corrected chi connectivity index (χ0v) is 21.8. The van der Waals surface area contributed by atoms with E-state index in [2.05, 4.69) is 21.4 Å². The number of aromatic nitrogens is 3. The molecule has 2 saturated heterocycles. The molecule has 4 aliphatic rings. The molecule has 1 amide bonds. The Balaban J connectivity index is 1.13. The predicted molar refractivity (Wildman–Crippen MR) is 135 cm³/mol. The van der Waals surface area contributed by atoms with E-state index in [1.165, 1.54) is 31.4 Å². The first-order valence-corrected chi connectivity index (χ1v) is 14.4. The van der Waals surface area contributed by atoms with E-state index in [0.717, 1.165) is 55.3 Å². The normalized spacial score (nSPS) is 27.1. The Morgan fingerprint density at radius 1 is 1.14 bits per heavy atom. The van der Waals surface area contributed by atoms with Crippen LogP contribution >= 0.6 is 11.3 Å². The van der Waals surface area contributed by atoms with Gasteiger partial charge in [0.15, 0.2) is 0 Å². The van der Waals surface area contributed by atoms with Crippen LogP contribution in [0, 0.1) is 12.8 Å². The van der Waals surface area contributed by atoms with Gasteiger partial charge in [-0.2, -0.15) is 0 Å². The molecule has 1 saturated carbocycles. The molecule has 2 unspecified atom stereocenters. The highest BCUT2D eigenvalue weighted by atomic mass is 32.1. The molecule has 0 N–H and O–H groups in total. The van der Waals surface area contributed by atoms with Crippen LogP contribution in [0.3, 0.4) is 0 Å². The fourth-order valence-electron chi connectivity index (χ4n) is 7.02. The number of hydrogen-bond acceptors (Lipinski definition) is 6. The van der Waals surface area contributed by atoms with Crippen LogP contribution in [0.2, 0.25) is 0 Å². The number of nitrogens with zero attached hydrogens (tertiary/aromatic N) is 5. The van der Waals surface area contributed by atoms with Crippen molar-refractivity contribution in [2.75, 3.05) is 13.1 Å². The first kappa shape index (κ1) is 23.3. The smallest absolute Gasteiger partial charge is 0.226 e. The summed E-state index contributed by atoms with van der Waals surface area (Å²) < 4.78 is 2.55. The highest BCUT2D eigenvalue weighted by Crippen LogP contribution is 2.43. The van der Waals surface area contributed by atoms with Gasteiger partial charge in [-0.3, -0.25) is 9.69 Å². The molecule has 2 bridgehead atoms. The summed E-state index contributed by atoms with van der Waals surface area (Å²) in [5.41, 5.74) is 2.51. The Morgan fingerprint density at radius 2 is 1.91 bits per heavy atom. The largest absolute Gasteiger partial charge is 0.336 e. The van der Waals surface area contributed by atoms with Crippen LogP contribution in [0.25, 0.3) is 0 Å². The van der Waals surface area contributed by atoms with E-state index in [1.807, 2.05) is 16.5 Å². The SMILES string of the molecule is CC(=O)C[C@@H](CCN1C2CCC1CC(n1c(C)nc3c1CCN(C(=O)C1CC1)C3)C2)c1nccs1. The minimum absolute atomic E-state index is 0.244. The molecule has 188 valence electrons. The second kappa shape index (κ2) is 9.43. The third-order valence-corrected chi connectivity index (χ3v) is 9.70. The molecule has 5 heterocycles. The molecule has 7 nitrogen and oxygen atoms in total. The van der Waals surface area contributed by atoms with Crippen LogP contribution in [0.15, 0.2) is 11.6 Å². The summed E-state index contributed by atoms with van der Waals surface area (Å²) in [6, 6.07) is 1.74. The number of piperidine rings is 1. The lowest BCUT2D eigenvalue weighted by molar-refractivity contribution is -0.133. The maximum Gasteiger partial charge on any atom is 0.226 e. The van der Waals surface area contributed by atoms with Gasteiger partial charge < -0.3 is 14.3 Å². The molecular weight excluding hydrogens is 458 g/mol. The maximum atomic E-state index is 12.6. The van der Waals surface area contributed by atoms with Gasteiger partial charge >= 0.3 is 0 Å². The molecule has 1 aliphatic carbocycles. The molecular formula is C27H37N5O2S. The molecule has 3 fully saturated rings. The second-order valence-corrected chi connectivity index (χ2v) is 12.1. The molecule has 0 spiro atoms. The van der Waals surface area contributed by atoms with Crippen molar-refractivity contribution in [2.24, 2.45) is 5.92 Å². The topological polar surface area (TPSA) is 71.3 Å². The van der Waals surface area contributed by atoms with E-state index in [4.69, 9.17) is 4.98 Å². The van der Waals surface area contributed by atoms with Gasteiger partial charge in [0.25, 0.3) is 0 Å². The number of carbonyl (C=O) groups excluding carboxylic acids is 2. The van der Waals surface area contributed by atoms with Crippen LogP contribution in [0.4, 0.5) is 0 Å². The van der Waals surface area contributed by atoms with E-state index < -0.39 is 0 Å². The molecule has 0 aromatic carbocycles. The zero-order chi connectivity index (χ0) is 24.1. The average molecular weight is 496 g/mol. The number of amides is 1. The van der Waals surface area contributed by atoms with Crippen molar-refractivity contribution in [1.29, 1.82) is 0 Å². The molecule has 3 aliphatic heterocycles. The highest BCUT2D eigenvalue weighted by molar-refractivity contribution is 7.09. The molecule has 8 heteroatoms. The summed E-state index contributed by atoms with van der Waals surface area (Å²) in [6.45, 7) is 6.44. The van der Waals surface area contributed by atoms with Crippen LogP contribution in [-0.2, 0) is 22.6 Å². The van der Waals surface area contributed by atoms with Gasteiger partial charge in [0.2, 0.25) is 5.91 Å². The van der Waals surface area contributed by atoms with Crippen molar-refractivity contribution in [3.8, 4) is 0 Å². The fourth-order valence-corrected chi connectivity index (χ4v) is 7.80. The van der Waals surface area contributed by atoms with Gasteiger partial charge in [0, 0.05) is 66.6 Å². The summed E-state index contributed by atoms with van der Waals surface area (Å²) in [5, 5.41) is 3.13. The summed E-state index contributed by atoms with van der Waals surface area (Å²) in [4.78, 5) is 38.8. The Bertz CT molecular complexity index is 1080. The van der Waals surface area contributed by atoms with Crippen LogP contribution < -0.4 is 0 Å². The number of aryl methyl sites for hydroxylation is 1. The van der Waals surface area contributed by atoms with E-state index in [1.54, 1.807) is 18.3 Å². The van der Waals surface area contributed by atoms with Crippen molar-refractivity contribution in [1.82, 2.24) is 24.3 Å². The number of carbonyl (C=O) groups is 2. The van der Waals surface area contributed by atoms with E-state index >= 15 is 0 Å². The molecule has 35 heavy (non-hydrogen) atoms. The molecule has 2 aromatic rings. The lowest BCUT2D eigenvalue weighted by Gasteiger charge is -2.41. The van der Waals surface area contributed by atoms with Crippen molar-refractivity contribution < 1.29 is 9.59 Å². The number of hydrogen-bond donors (Lipinski definition) is 0. The van der Waals surface area contributed by atoms with Gasteiger partial charge in [-0.25, -0.2) is 9.97 Å². The molecule has 0 radical (unpaired) electrons. The number of rotatable bonds is 8. The van der Waals surface area contributed by atoms with Crippen molar-refractivity contribution in [3.05, 3.63) is 33.8 Å². The van der Waals surface area contributed by atoms with E-state index in [0.29, 0.717) is 37.0 Å². The Morgan fingerprint density at radius 3 is 2.57 bits per heavy atom. The maximum absolute atomic E-state index is 12.6. The number of Topliss-reactive ketones (excluding diaryl/α,β-unsaturated/α-hetero) is 1. The van der Waals surface area contributed by atoms with Crippen molar-refractivity contribution in [2.45, 2.75) is 102 Å². The summed E-state index contributed by atoms with van der Waals surface area (Å²) in [6.07, 6.45) is 11.4. The van der Waals surface area contributed by atoms with Gasteiger partial charge in [0.1, 0.15) is 11.6 Å². The number of fused-ring (bicyclic) bond motifs is 3. The third kappa shape index (κ3) is 4.59. The van der Waals surface area contributed by atoms with Gasteiger partial charge in [-0.05, 0) is 65.3 Å². The van der Waals surface area contributed by atoms with Gasteiger partial charge in [0.05, 0.1) is 17.2 Å². The molecule has 6 rings (SSSR count). The van der Waals surface area contributed by atoms with Gasteiger partial charge in [-0.1, -0.05) is 0 Å². The highest BCUT2D eigenvalue weighted by Gasteiger charge is 2.43.